The van der Waals surface area contributed by atoms with Gasteiger partial charge < -0.3 is 15.5 Å². The maximum atomic E-state index is 13.8. The Morgan fingerprint density at radius 2 is 2.08 bits per heavy atom. The van der Waals surface area contributed by atoms with E-state index in [0.717, 1.165) is 11.8 Å². The third-order valence-corrected chi connectivity index (χ3v) is 5.09. The molecule has 2 heterocycles. The van der Waals surface area contributed by atoms with E-state index >= 15 is 0 Å². The van der Waals surface area contributed by atoms with Crippen LogP contribution in [0.1, 0.15) is 17.3 Å². The number of anilines is 1. The first-order chi connectivity index (χ1) is 12.5. The summed E-state index contributed by atoms with van der Waals surface area (Å²) < 4.78 is 19.2. The molecule has 0 aliphatic heterocycles. The van der Waals surface area contributed by atoms with Crippen molar-refractivity contribution in [3.8, 4) is 11.5 Å². The van der Waals surface area contributed by atoms with Crippen LogP contribution in [0.2, 0.25) is 0 Å². The molecular weight excluding hydrogens is 379 g/mol. The molecule has 3 rings (SSSR count). The second kappa shape index (κ2) is 7.67. The van der Waals surface area contributed by atoms with Gasteiger partial charge in [0, 0.05) is 0 Å². The zero-order valence-electron chi connectivity index (χ0n) is 13.4. The van der Waals surface area contributed by atoms with Gasteiger partial charge in [0.15, 0.2) is 0 Å². The number of primary amides is 1. The fraction of sp³-hybridized carbons (Fsp3) is 0.125. The predicted molar refractivity (Wildman–Crippen MR) is 96.5 cm³/mol. The molecule has 1 atom stereocenters. The van der Waals surface area contributed by atoms with Gasteiger partial charge in [0.1, 0.15) is 10.8 Å². The van der Waals surface area contributed by atoms with Crippen molar-refractivity contribution in [2.24, 2.45) is 5.73 Å². The fourth-order valence-corrected chi connectivity index (χ4v) is 3.50. The summed E-state index contributed by atoms with van der Waals surface area (Å²) >= 11 is 2.22. The molecule has 1 aromatic carbocycles. The van der Waals surface area contributed by atoms with E-state index in [0.29, 0.717) is 5.00 Å². The van der Waals surface area contributed by atoms with Gasteiger partial charge in [-0.05, 0) is 30.5 Å². The summed E-state index contributed by atoms with van der Waals surface area (Å²) in [6.45, 7) is 1.64. The van der Waals surface area contributed by atoms with Gasteiger partial charge in [-0.25, -0.2) is 4.39 Å². The number of benzene rings is 1. The second-order valence-corrected chi connectivity index (χ2v) is 7.34. The Kier molecular flexibility index (Phi) is 5.33. The molecule has 3 aromatic rings. The Labute approximate surface area is 155 Å². The summed E-state index contributed by atoms with van der Waals surface area (Å²) in [4.78, 5) is 23.6. The van der Waals surface area contributed by atoms with Crippen LogP contribution in [-0.4, -0.2) is 27.3 Å². The van der Waals surface area contributed by atoms with E-state index in [-0.39, 0.29) is 28.1 Å². The molecule has 0 saturated carbocycles. The number of thiophene rings is 1. The monoisotopic (exact) mass is 392 g/mol. The summed E-state index contributed by atoms with van der Waals surface area (Å²) in [6.07, 6.45) is 0. The molecule has 0 radical (unpaired) electrons. The van der Waals surface area contributed by atoms with Crippen LogP contribution in [0.4, 0.5) is 9.39 Å². The normalized spacial score (nSPS) is 11.9. The standard InChI is InChI=1S/C16H13FN4O3S2/c1-8(13(23)19-15-10(12(18)22)6-7-25-15)26-16-21-20-14(24-16)9-4-2-3-5-11(9)17/h2-8H,1H3,(H2,18,22)(H,19,23)/t8-/m1/s1. The van der Waals surface area contributed by atoms with Crippen LogP contribution < -0.4 is 11.1 Å². The Morgan fingerprint density at radius 1 is 1.31 bits per heavy atom. The Hall–Kier alpha value is -2.72. The van der Waals surface area contributed by atoms with Crippen molar-refractivity contribution in [1.29, 1.82) is 0 Å². The minimum absolute atomic E-state index is 0.0347. The molecule has 0 bridgehead atoms. The number of thioether (sulfide) groups is 1. The SMILES string of the molecule is C[C@@H](Sc1nnc(-c2ccccc2F)o1)C(=O)Nc1sccc1C(N)=O. The highest BCUT2D eigenvalue weighted by Gasteiger charge is 2.21. The molecule has 0 fully saturated rings. The average Bonchev–Trinajstić information content (AvgIpc) is 3.24. The van der Waals surface area contributed by atoms with Crippen molar-refractivity contribution in [3.63, 3.8) is 0 Å². The fourth-order valence-electron chi connectivity index (χ4n) is 2.02. The number of nitrogens with zero attached hydrogens (tertiary/aromatic N) is 2. The number of amides is 2. The number of carbonyl (C=O) groups excluding carboxylic acids is 2. The lowest BCUT2D eigenvalue weighted by molar-refractivity contribution is -0.115. The topological polar surface area (TPSA) is 111 Å². The van der Waals surface area contributed by atoms with Gasteiger partial charge in [-0.2, -0.15) is 0 Å². The molecule has 0 aliphatic rings. The number of hydrogen-bond acceptors (Lipinski definition) is 7. The summed E-state index contributed by atoms with van der Waals surface area (Å²) in [6, 6.07) is 7.57. The average molecular weight is 392 g/mol. The van der Waals surface area contributed by atoms with E-state index in [9.17, 15) is 14.0 Å². The molecule has 0 saturated heterocycles. The number of nitrogens with two attached hydrogens (primary N) is 1. The van der Waals surface area contributed by atoms with Crippen molar-refractivity contribution in [2.45, 2.75) is 17.4 Å². The number of halogens is 1. The number of carbonyl (C=O) groups is 2. The predicted octanol–water partition coefficient (Wildman–Crippen LogP) is 3.16. The Balaban J connectivity index is 1.67. The van der Waals surface area contributed by atoms with E-state index in [1.54, 1.807) is 30.5 Å². The maximum absolute atomic E-state index is 13.8. The minimum Gasteiger partial charge on any atom is -0.411 e. The molecule has 2 amide bonds. The number of rotatable bonds is 6. The van der Waals surface area contributed by atoms with Gasteiger partial charge in [0.05, 0.1) is 16.4 Å². The van der Waals surface area contributed by atoms with Crippen LogP contribution in [0.5, 0.6) is 0 Å². The van der Waals surface area contributed by atoms with Gasteiger partial charge >= 0.3 is 0 Å². The van der Waals surface area contributed by atoms with E-state index in [2.05, 4.69) is 15.5 Å². The highest BCUT2D eigenvalue weighted by atomic mass is 32.2. The van der Waals surface area contributed by atoms with Crippen molar-refractivity contribution in [3.05, 3.63) is 47.1 Å². The summed E-state index contributed by atoms with van der Waals surface area (Å²) in [5.74, 6) is -1.42. The first kappa shape index (κ1) is 18.1. The number of aromatic nitrogens is 2. The van der Waals surface area contributed by atoms with Gasteiger partial charge in [-0.15, -0.1) is 21.5 Å². The van der Waals surface area contributed by atoms with Crippen molar-refractivity contribution >= 4 is 39.9 Å². The lowest BCUT2D eigenvalue weighted by atomic mass is 10.2. The molecule has 3 N–H and O–H groups in total. The number of nitrogens with one attached hydrogen (secondary N) is 1. The van der Waals surface area contributed by atoms with Crippen molar-refractivity contribution < 1.29 is 18.4 Å². The van der Waals surface area contributed by atoms with E-state index in [4.69, 9.17) is 10.2 Å². The van der Waals surface area contributed by atoms with Gasteiger partial charge in [0.2, 0.25) is 5.91 Å². The van der Waals surface area contributed by atoms with E-state index in [1.165, 1.54) is 23.5 Å². The van der Waals surface area contributed by atoms with Crippen LogP contribution in [0.25, 0.3) is 11.5 Å². The molecule has 0 aliphatic carbocycles. The van der Waals surface area contributed by atoms with Crippen LogP contribution in [0, 0.1) is 5.82 Å². The summed E-state index contributed by atoms with van der Waals surface area (Å²) in [5.41, 5.74) is 5.69. The smallest absolute Gasteiger partial charge is 0.277 e. The van der Waals surface area contributed by atoms with Crippen LogP contribution >= 0.6 is 23.1 Å². The van der Waals surface area contributed by atoms with E-state index in [1.807, 2.05) is 0 Å². The first-order valence-electron chi connectivity index (χ1n) is 7.39. The highest BCUT2D eigenvalue weighted by Crippen LogP contribution is 2.29. The maximum Gasteiger partial charge on any atom is 0.277 e. The van der Waals surface area contributed by atoms with Crippen LogP contribution in [-0.2, 0) is 4.79 Å². The summed E-state index contributed by atoms with van der Waals surface area (Å²) in [7, 11) is 0. The third-order valence-electron chi connectivity index (χ3n) is 3.32. The largest absolute Gasteiger partial charge is 0.411 e. The molecule has 2 aromatic heterocycles. The molecular formula is C16H13FN4O3S2. The Morgan fingerprint density at radius 3 is 2.81 bits per heavy atom. The molecule has 7 nitrogen and oxygen atoms in total. The van der Waals surface area contributed by atoms with Gasteiger partial charge in [-0.1, -0.05) is 23.9 Å². The summed E-state index contributed by atoms with van der Waals surface area (Å²) in [5, 5.41) is 11.9. The van der Waals surface area contributed by atoms with E-state index < -0.39 is 17.0 Å². The minimum atomic E-state index is -0.617. The zero-order chi connectivity index (χ0) is 18.7. The molecule has 10 heteroatoms. The third kappa shape index (κ3) is 3.92. The molecule has 0 unspecified atom stereocenters. The quantitative estimate of drug-likeness (QED) is 0.624. The zero-order valence-corrected chi connectivity index (χ0v) is 15.1. The van der Waals surface area contributed by atoms with Gasteiger partial charge in [0.25, 0.3) is 17.0 Å². The molecule has 26 heavy (non-hydrogen) atoms. The highest BCUT2D eigenvalue weighted by molar-refractivity contribution is 8.00. The lowest BCUT2D eigenvalue weighted by Crippen LogP contribution is -2.23. The first-order valence-corrected chi connectivity index (χ1v) is 9.15. The van der Waals surface area contributed by atoms with Crippen molar-refractivity contribution in [1.82, 2.24) is 10.2 Å². The van der Waals surface area contributed by atoms with Crippen LogP contribution in [0.15, 0.2) is 45.4 Å². The lowest BCUT2D eigenvalue weighted by Gasteiger charge is -2.09. The molecule has 0 spiro atoms. The number of hydrogen-bond donors (Lipinski definition) is 2. The second-order valence-electron chi connectivity index (χ2n) is 5.13. The van der Waals surface area contributed by atoms with Crippen LogP contribution in [0.3, 0.4) is 0 Å². The van der Waals surface area contributed by atoms with Crippen molar-refractivity contribution in [2.75, 3.05) is 5.32 Å². The van der Waals surface area contributed by atoms with Gasteiger partial charge in [-0.3, -0.25) is 9.59 Å². The Bertz CT molecular complexity index is 956. The molecule has 134 valence electrons.